The predicted molar refractivity (Wildman–Crippen MR) is 81.1 cm³/mol. The summed E-state index contributed by atoms with van der Waals surface area (Å²) in [4.78, 5) is 0.178. The smallest absolute Gasteiger partial charge is 0.263 e. The van der Waals surface area contributed by atoms with E-state index in [-0.39, 0.29) is 16.8 Å². The molecule has 2 N–H and O–H groups in total. The molecule has 0 unspecified atom stereocenters. The van der Waals surface area contributed by atoms with Gasteiger partial charge in [-0.3, -0.25) is 9.82 Å². The fraction of sp³-hybridized carbons (Fsp3) is 0.357. The molecule has 114 valence electrons. The summed E-state index contributed by atoms with van der Waals surface area (Å²) in [6.45, 7) is 7.46. The summed E-state index contributed by atoms with van der Waals surface area (Å²) in [5.74, 6) is 0.951. The second-order valence-electron chi connectivity index (χ2n) is 5.14. The van der Waals surface area contributed by atoms with Crippen LogP contribution < -0.4 is 9.46 Å². The van der Waals surface area contributed by atoms with Crippen LogP contribution >= 0.6 is 0 Å². The maximum Gasteiger partial charge on any atom is 0.263 e. The standard InChI is InChI=1S/C14H19N3O3S/c1-9(2)20-13-6-5-12(7-10(13)3)21(18,19)17-14-8-11(4)15-16-14/h5-9H,1-4H3,(H2,15,16,17). The summed E-state index contributed by atoms with van der Waals surface area (Å²) in [5.41, 5.74) is 1.55. The van der Waals surface area contributed by atoms with Gasteiger partial charge in [-0.25, -0.2) is 8.42 Å². The highest BCUT2D eigenvalue weighted by molar-refractivity contribution is 7.92. The van der Waals surface area contributed by atoms with Crippen LogP contribution in [0.4, 0.5) is 5.82 Å². The number of sulfonamides is 1. The Kier molecular flexibility index (Phi) is 4.22. The number of nitrogens with zero attached hydrogens (tertiary/aromatic N) is 1. The van der Waals surface area contributed by atoms with Crippen LogP contribution in [-0.4, -0.2) is 24.7 Å². The Bertz CT molecular complexity index is 736. The molecule has 0 saturated carbocycles. The van der Waals surface area contributed by atoms with Crippen LogP contribution in [0.15, 0.2) is 29.2 Å². The van der Waals surface area contributed by atoms with Gasteiger partial charge in [-0.05, 0) is 51.5 Å². The van der Waals surface area contributed by atoms with Crippen molar-refractivity contribution < 1.29 is 13.2 Å². The van der Waals surface area contributed by atoms with Crippen LogP contribution in [0, 0.1) is 13.8 Å². The van der Waals surface area contributed by atoms with Crippen LogP contribution in [0.3, 0.4) is 0 Å². The molecule has 2 aromatic rings. The van der Waals surface area contributed by atoms with Gasteiger partial charge in [-0.15, -0.1) is 0 Å². The molecule has 0 amide bonds. The number of benzene rings is 1. The number of rotatable bonds is 5. The highest BCUT2D eigenvalue weighted by Crippen LogP contribution is 2.24. The van der Waals surface area contributed by atoms with Gasteiger partial charge in [0, 0.05) is 11.8 Å². The molecular formula is C14H19N3O3S. The number of aryl methyl sites for hydroxylation is 2. The van der Waals surface area contributed by atoms with E-state index in [2.05, 4.69) is 14.9 Å². The van der Waals surface area contributed by atoms with Gasteiger partial charge in [0.1, 0.15) is 5.75 Å². The zero-order valence-corrected chi connectivity index (χ0v) is 13.3. The van der Waals surface area contributed by atoms with E-state index in [1.165, 1.54) is 6.07 Å². The van der Waals surface area contributed by atoms with Gasteiger partial charge in [0.25, 0.3) is 10.0 Å². The van der Waals surface area contributed by atoms with Crippen LogP contribution in [0.25, 0.3) is 0 Å². The molecule has 0 spiro atoms. The number of H-pyrrole nitrogens is 1. The van der Waals surface area contributed by atoms with Crippen molar-refractivity contribution in [3.05, 3.63) is 35.5 Å². The molecule has 1 aromatic carbocycles. The third kappa shape index (κ3) is 3.75. The third-order valence-electron chi connectivity index (χ3n) is 2.76. The van der Waals surface area contributed by atoms with Gasteiger partial charge in [0.2, 0.25) is 0 Å². The van der Waals surface area contributed by atoms with Gasteiger partial charge in [0.15, 0.2) is 5.82 Å². The number of anilines is 1. The monoisotopic (exact) mass is 309 g/mol. The van der Waals surface area contributed by atoms with E-state index in [0.29, 0.717) is 5.75 Å². The van der Waals surface area contributed by atoms with Crippen molar-refractivity contribution in [1.29, 1.82) is 0 Å². The minimum Gasteiger partial charge on any atom is -0.491 e. The molecule has 0 radical (unpaired) electrons. The molecule has 7 heteroatoms. The van der Waals surface area contributed by atoms with E-state index < -0.39 is 10.0 Å². The first-order chi connectivity index (χ1) is 9.78. The molecule has 0 saturated heterocycles. The SMILES string of the molecule is Cc1cc(NS(=O)(=O)c2ccc(OC(C)C)c(C)c2)n[nH]1. The van der Waals surface area contributed by atoms with Gasteiger partial charge >= 0.3 is 0 Å². The Morgan fingerprint density at radius 1 is 1.24 bits per heavy atom. The topological polar surface area (TPSA) is 84.1 Å². The van der Waals surface area contributed by atoms with Gasteiger partial charge in [-0.2, -0.15) is 5.10 Å². The van der Waals surface area contributed by atoms with Crippen LogP contribution in [0.2, 0.25) is 0 Å². The van der Waals surface area contributed by atoms with Crippen molar-refractivity contribution in [3.8, 4) is 5.75 Å². The average molecular weight is 309 g/mol. The Hall–Kier alpha value is -2.02. The van der Waals surface area contributed by atoms with Crippen LogP contribution in [-0.2, 0) is 10.0 Å². The summed E-state index contributed by atoms with van der Waals surface area (Å²) < 4.78 is 32.6. The van der Waals surface area contributed by atoms with Crippen molar-refractivity contribution in [2.45, 2.75) is 38.7 Å². The predicted octanol–water partition coefficient (Wildman–Crippen LogP) is 2.61. The zero-order valence-electron chi connectivity index (χ0n) is 12.5. The molecule has 0 fully saturated rings. The van der Waals surface area contributed by atoms with Gasteiger partial charge in [-0.1, -0.05) is 0 Å². The quantitative estimate of drug-likeness (QED) is 0.889. The number of aromatic amines is 1. The van der Waals surface area contributed by atoms with Crippen molar-refractivity contribution >= 4 is 15.8 Å². The lowest BCUT2D eigenvalue weighted by molar-refractivity contribution is 0.240. The summed E-state index contributed by atoms with van der Waals surface area (Å²) in [6, 6.07) is 6.40. The fourth-order valence-corrected chi connectivity index (χ4v) is 2.92. The van der Waals surface area contributed by atoms with E-state index in [0.717, 1.165) is 11.3 Å². The molecule has 2 rings (SSSR count). The number of ether oxygens (including phenoxy) is 1. The van der Waals surface area contributed by atoms with E-state index in [9.17, 15) is 8.42 Å². The van der Waals surface area contributed by atoms with E-state index in [4.69, 9.17) is 4.74 Å². The first kappa shape index (κ1) is 15.4. The zero-order chi connectivity index (χ0) is 15.6. The first-order valence-corrected chi connectivity index (χ1v) is 8.08. The van der Waals surface area contributed by atoms with Gasteiger partial charge in [0.05, 0.1) is 11.0 Å². The van der Waals surface area contributed by atoms with Gasteiger partial charge < -0.3 is 4.74 Å². The highest BCUT2D eigenvalue weighted by atomic mass is 32.2. The number of hydrogen-bond acceptors (Lipinski definition) is 4. The van der Waals surface area contributed by atoms with Crippen molar-refractivity contribution in [2.75, 3.05) is 4.72 Å². The van der Waals surface area contributed by atoms with Crippen molar-refractivity contribution in [3.63, 3.8) is 0 Å². The molecule has 1 heterocycles. The van der Waals surface area contributed by atoms with E-state index in [1.54, 1.807) is 25.1 Å². The minimum atomic E-state index is -3.66. The maximum atomic E-state index is 12.3. The molecular weight excluding hydrogens is 290 g/mol. The summed E-state index contributed by atoms with van der Waals surface area (Å²) in [7, 11) is -3.66. The molecule has 0 aliphatic rings. The number of aromatic nitrogens is 2. The second-order valence-corrected chi connectivity index (χ2v) is 6.82. The molecule has 0 bridgehead atoms. The molecule has 1 aromatic heterocycles. The lowest BCUT2D eigenvalue weighted by Gasteiger charge is -2.13. The summed E-state index contributed by atoms with van der Waals surface area (Å²) in [5, 5.41) is 6.55. The lowest BCUT2D eigenvalue weighted by atomic mass is 10.2. The number of hydrogen-bond donors (Lipinski definition) is 2. The third-order valence-corrected chi connectivity index (χ3v) is 4.12. The van der Waals surface area contributed by atoms with Crippen LogP contribution in [0.1, 0.15) is 25.1 Å². The largest absolute Gasteiger partial charge is 0.491 e. The van der Waals surface area contributed by atoms with E-state index in [1.807, 2.05) is 20.8 Å². The molecule has 0 aliphatic carbocycles. The number of nitrogens with one attached hydrogen (secondary N) is 2. The molecule has 0 aliphatic heterocycles. The van der Waals surface area contributed by atoms with Crippen molar-refractivity contribution in [2.24, 2.45) is 0 Å². The fourth-order valence-electron chi connectivity index (χ4n) is 1.84. The Labute approximate surface area is 124 Å². The molecule has 6 nitrogen and oxygen atoms in total. The summed E-state index contributed by atoms with van der Waals surface area (Å²) in [6.07, 6.45) is 0.0383. The maximum absolute atomic E-state index is 12.3. The normalized spacial score (nSPS) is 11.7. The molecule has 0 atom stereocenters. The lowest BCUT2D eigenvalue weighted by Crippen LogP contribution is -2.14. The van der Waals surface area contributed by atoms with Crippen LogP contribution in [0.5, 0.6) is 5.75 Å². The summed E-state index contributed by atoms with van der Waals surface area (Å²) >= 11 is 0. The molecule has 21 heavy (non-hydrogen) atoms. The minimum absolute atomic E-state index is 0.0383. The van der Waals surface area contributed by atoms with Crippen molar-refractivity contribution in [1.82, 2.24) is 10.2 Å². The highest BCUT2D eigenvalue weighted by Gasteiger charge is 2.17. The Morgan fingerprint density at radius 2 is 1.95 bits per heavy atom. The van der Waals surface area contributed by atoms with E-state index >= 15 is 0 Å². The Morgan fingerprint density at radius 3 is 2.48 bits per heavy atom. The average Bonchev–Trinajstić information content (AvgIpc) is 2.76. The Balaban J connectivity index is 2.26. The first-order valence-electron chi connectivity index (χ1n) is 6.60. The second kappa shape index (κ2) is 5.77.